The molecule has 0 aliphatic carbocycles. The Kier molecular flexibility index (Phi) is 5.48. The summed E-state index contributed by atoms with van der Waals surface area (Å²) in [5, 5.41) is 10.5. The lowest BCUT2D eigenvalue weighted by Gasteiger charge is -2.24. The predicted molar refractivity (Wildman–Crippen MR) is 127 cm³/mol. The number of hydrogen-bond acceptors (Lipinski definition) is 6. The molecule has 5 rings (SSSR count). The summed E-state index contributed by atoms with van der Waals surface area (Å²) in [5.74, 6) is 1.49. The molecule has 2 aromatic heterocycles. The van der Waals surface area contributed by atoms with Crippen LogP contribution in [-0.4, -0.2) is 64.2 Å². The number of benzene rings is 2. The average Bonchev–Trinajstić information content (AvgIpc) is 3.09. The van der Waals surface area contributed by atoms with Crippen LogP contribution in [0.3, 0.4) is 0 Å². The van der Waals surface area contributed by atoms with Gasteiger partial charge in [0.05, 0.1) is 11.3 Å². The number of nitrogens with zero attached hydrogens (tertiary/aromatic N) is 6. The van der Waals surface area contributed by atoms with E-state index in [0.717, 1.165) is 22.1 Å². The van der Waals surface area contributed by atoms with E-state index in [9.17, 15) is 8.42 Å². The third kappa shape index (κ3) is 3.70. The number of fused-ring (bicyclic) bond motifs is 3. The highest BCUT2D eigenvalue weighted by Gasteiger charge is 2.26. The van der Waals surface area contributed by atoms with E-state index in [1.165, 1.54) is 0 Å². The van der Waals surface area contributed by atoms with E-state index in [0.29, 0.717) is 49.4 Å². The van der Waals surface area contributed by atoms with Gasteiger partial charge in [-0.2, -0.15) is 0 Å². The fraction of sp³-hybridized carbons (Fsp3) is 0.318. The van der Waals surface area contributed by atoms with Crippen molar-refractivity contribution in [1.82, 2.24) is 23.9 Å². The molecule has 3 heterocycles. The zero-order valence-electron chi connectivity index (χ0n) is 17.6. The van der Waals surface area contributed by atoms with Gasteiger partial charge in [0.15, 0.2) is 11.5 Å². The maximum Gasteiger partial charge on any atom is 0.213 e. The van der Waals surface area contributed by atoms with E-state index in [2.05, 4.69) is 15.1 Å². The number of halogens is 1. The first-order valence-electron chi connectivity index (χ1n) is 10.6. The SMILES string of the molecule is CCS(=O)(=O)N1CCCN(c2nc3ccccc3c3nnc(-c4ccc(Cl)cc4)n23)CC1. The van der Waals surface area contributed by atoms with Crippen LogP contribution in [0.5, 0.6) is 0 Å². The number of anilines is 1. The second-order valence-electron chi connectivity index (χ2n) is 7.76. The number of sulfonamides is 1. The summed E-state index contributed by atoms with van der Waals surface area (Å²) < 4.78 is 28.4. The Hall–Kier alpha value is -2.75. The normalized spacial score (nSPS) is 16.0. The molecule has 1 saturated heterocycles. The lowest BCUT2D eigenvalue weighted by Crippen LogP contribution is -2.36. The second kappa shape index (κ2) is 8.31. The molecule has 4 aromatic rings. The quantitative estimate of drug-likeness (QED) is 0.454. The smallest absolute Gasteiger partial charge is 0.213 e. The van der Waals surface area contributed by atoms with E-state index >= 15 is 0 Å². The lowest BCUT2D eigenvalue weighted by atomic mass is 10.2. The van der Waals surface area contributed by atoms with Gasteiger partial charge in [0, 0.05) is 42.2 Å². The Balaban J connectivity index is 1.66. The molecule has 2 aromatic carbocycles. The van der Waals surface area contributed by atoms with Crippen LogP contribution in [0.25, 0.3) is 27.9 Å². The number of para-hydroxylation sites is 1. The predicted octanol–water partition coefficient (Wildman–Crippen LogP) is 3.46. The van der Waals surface area contributed by atoms with Crippen LogP contribution < -0.4 is 4.90 Å². The molecule has 0 bridgehead atoms. The minimum absolute atomic E-state index is 0.109. The van der Waals surface area contributed by atoms with Crippen molar-refractivity contribution in [2.75, 3.05) is 36.8 Å². The summed E-state index contributed by atoms with van der Waals surface area (Å²) in [6.07, 6.45) is 0.716. The van der Waals surface area contributed by atoms with Gasteiger partial charge >= 0.3 is 0 Å². The molecule has 0 unspecified atom stereocenters. The zero-order valence-corrected chi connectivity index (χ0v) is 19.2. The van der Waals surface area contributed by atoms with Gasteiger partial charge in [-0.1, -0.05) is 23.7 Å². The Labute approximate surface area is 191 Å². The first-order chi connectivity index (χ1) is 15.5. The van der Waals surface area contributed by atoms with E-state index in [1.54, 1.807) is 11.2 Å². The Bertz CT molecular complexity index is 1390. The topological polar surface area (TPSA) is 83.7 Å². The van der Waals surface area contributed by atoms with Crippen molar-refractivity contribution in [2.24, 2.45) is 0 Å². The molecule has 0 spiro atoms. The molecule has 8 nitrogen and oxygen atoms in total. The minimum atomic E-state index is -3.23. The molecule has 166 valence electrons. The molecule has 0 amide bonds. The maximum absolute atomic E-state index is 12.4. The van der Waals surface area contributed by atoms with E-state index in [4.69, 9.17) is 16.6 Å². The Morgan fingerprint density at radius 1 is 0.969 bits per heavy atom. The summed E-state index contributed by atoms with van der Waals surface area (Å²) in [4.78, 5) is 7.10. The molecular weight excluding hydrogens is 448 g/mol. The monoisotopic (exact) mass is 470 g/mol. The lowest BCUT2D eigenvalue weighted by molar-refractivity contribution is 0.434. The fourth-order valence-electron chi connectivity index (χ4n) is 4.12. The molecule has 10 heteroatoms. The summed E-state index contributed by atoms with van der Waals surface area (Å²) in [6.45, 7) is 3.84. The second-order valence-corrected chi connectivity index (χ2v) is 10.5. The number of rotatable bonds is 4. The standard InChI is InChI=1S/C22H23ClN6O2S/c1-2-32(30,31)28-13-5-12-27(14-15-28)22-24-19-7-4-3-6-18(19)21-26-25-20(29(21)22)16-8-10-17(23)11-9-16/h3-4,6-11H,2,5,12-15H2,1H3. The summed E-state index contributed by atoms with van der Waals surface area (Å²) in [7, 11) is -3.23. The van der Waals surface area contributed by atoms with Gasteiger partial charge < -0.3 is 4.90 Å². The van der Waals surface area contributed by atoms with E-state index in [1.807, 2.05) is 52.9 Å². The third-order valence-electron chi connectivity index (χ3n) is 5.83. The van der Waals surface area contributed by atoms with Crippen LogP contribution in [0.2, 0.25) is 5.02 Å². The third-order valence-corrected chi connectivity index (χ3v) is 7.96. The summed E-state index contributed by atoms with van der Waals surface area (Å²) in [6, 6.07) is 15.3. The van der Waals surface area contributed by atoms with E-state index < -0.39 is 10.0 Å². The van der Waals surface area contributed by atoms with Crippen LogP contribution in [0.1, 0.15) is 13.3 Å². The number of aromatic nitrogens is 4. The van der Waals surface area contributed by atoms with Crippen molar-refractivity contribution in [2.45, 2.75) is 13.3 Å². The van der Waals surface area contributed by atoms with Gasteiger partial charge in [0.25, 0.3) is 0 Å². The highest BCUT2D eigenvalue weighted by atomic mass is 35.5. The average molecular weight is 471 g/mol. The van der Waals surface area contributed by atoms with E-state index in [-0.39, 0.29) is 5.75 Å². The van der Waals surface area contributed by atoms with Crippen molar-refractivity contribution < 1.29 is 8.42 Å². The van der Waals surface area contributed by atoms with Gasteiger partial charge in [-0.3, -0.25) is 0 Å². The molecule has 1 fully saturated rings. The Morgan fingerprint density at radius 3 is 2.53 bits per heavy atom. The van der Waals surface area contributed by atoms with Gasteiger partial charge in [-0.15, -0.1) is 10.2 Å². The van der Waals surface area contributed by atoms with Gasteiger partial charge in [0.1, 0.15) is 0 Å². The molecule has 0 saturated carbocycles. The number of hydrogen-bond donors (Lipinski definition) is 0. The molecule has 32 heavy (non-hydrogen) atoms. The molecule has 0 N–H and O–H groups in total. The molecule has 0 atom stereocenters. The molecule has 0 radical (unpaired) electrons. The Morgan fingerprint density at radius 2 is 1.75 bits per heavy atom. The van der Waals surface area contributed by atoms with Gasteiger partial charge in [0.2, 0.25) is 16.0 Å². The molecule has 1 aliphatic heterocycles. The maximum atomic E-state index is 12.4. The molecule has 1 aliphatic rings. The van der Waals surface area contributed by atoms with Gasteiger partial charge in [-0.05, 0) is 49.7 Å². The first kappa shape index (κ1) is 21.1. The van der Waals surface area contributed by atoms with Crippen LogP contribution in [0.4, 0.5) is 5.95 Å². The highest BCUT2D eigenvalue weighted by Crippen LogP contribution is 2.29. The van der Waals surface area contributed by atoms with Crippen LogP contribution in [0.15, 0.2) is 48.5 Å². The van der Waals surface area contributed by atoms with Crippen molar-refractivity contribution in [3.63, 3.8) is 0 Å². The first-order valence-corrected chi connectivity index (χ1v) is 12.6. The van der Waals surface area contributed by atoms with Crippen molar-refractivity contribution in [3.05, 3.63) is 53.6 Å². The van der Waals surface area contributed by atoms with Crippen LogP contribution in [0, 0.1) is 0 Å². The fourth-order valence-corrected chi connectivity index (χ4v) is 5.38. The minimum Gasteiger partial charge on any atom is -0.340 e. The summed E-state index contributed by atoms with van der Waals surface area (Å²) >= 11 is 6.09. The highest BCUT2D eigenvalue weighted by molar-refractivity contribution is 7.89. The largest absolute Gasteiger partial charge is 0.340 e. The molecular formula is C22H23ClN6O2S. The van der Waals surface area contributed by atoms with Crippen LogP contribution >= 0.6 is 11.6 Å². The van der Waals surface area contributed by atoms with Gasteiger partial charge in [-0.25, -0.2) is 22.1 Å². The summed E-state index contributed by atoms with van der Waals surface area (Å²) in [5.41, 5.74) is 2.43. The van der Waals surface area contributed by atoms with Crippen molar-refractivity contribution in [3.8, 4) is 11.4 Å². The van der Waals surface area contributed by atoms with Crippen molar-refractivity contribution in [1.29, 1.82) is 0 Å². The zero-order chi connectivity index (χ0) is 22.3. The van der Waals surface area contributed by atoms with Crippen LogP contribution in [-0.2, 0) is 10.0 Å². The van der Waals surface area contributed by atoms with Crippen molar-refractivity contribution >= 4 is 44.1 Å².